The van der Waals surface area contributed by atoms with Gasteiger partial charge in [0.25, 0.3) is 0 Å². The first-order valence-electron chi connectivity index (χ1n) is 6.76. The van der Waals surface area contributed by atoms with Crippen molar-refractivity contribution in [2.75, 3.05) is 25.0 Å². The Hall–Kier alpha value is -1.68. The molecule has 19 heavy (non-hydrogen) atoms. The highest BCUT2D eigenvalue weighted by Crippen LogP contribution is 2.24. The Labute approximate surface area is 114 Å². The van der Waals surface area contributed by atoms with Gasteiger partial charge in [0, 0.05) is 37.0 Å². The zero-order chi connectivity index (χ0) is 13.8. The van der Waals surface area contributed by atoms with E-state index in [0.29, 0.717) is 6.04 Å². The van der Waals surface area contributed by atoms with E-state index < -0.39 is 0 Å². The Kier molecular flexibility index (Phi) is 4.32. The maximum atomic E-state index is 4.35. The van der Waals surface area contributed by atoms with Gasteiger partial charge >= 0.3 is 0 Å². The van der Waals surface area contributed by atoms with Crippen LogP contribution in [0.5, 0.6) is 0 Å². The van der Waals surface area contributed by atoms with Crippen LogP contribution in [0.2, 0.25) is 0 Å². The number of fused-ring (bicyclic) bond motifs is 1. The first-order chi connectivity index (χ1) is 9.09. The number of anilines is 1. The fourth-order valence-electron chi connectivity index (χ4n) is 2.13. The normalized spacial score (nSPS) is 11.2. The fraction of sp³-hybridized carbons (Fsp3) is 0.467. The van der Waals surface area contributed by atoms with Crippen molar-refractivity contribution in [2.24, 2.45) is 0 Å². The van der Waals surface area contributed by atoms with Gasteiger partial charge in [-0.15, -0.1) is 5.10 Å². The zero-order valence-corrected chi connectivity index (χ0v) is 12.1. The van der Waals surface area contributed by atoms with E-state index >= 15 is 0 Å². The lowest BCUT2D eigenvalue weighted by molar-refractivity contribution is 0.588. The van der Waals surface area contributed by atoms with Crippen LogP contribution < -0.4 is 10.2 Å². The van der Waals surface area contributed by atoms with Gasteiger partial charge in [0.2, 0.25) is 0 Å². The van der Waals surface area contributed by atoms with Crippen LogP contribution in [0.1, 0.15) is 19.5 Å². The summed E-state index contributed by atoms with van der Waals surface area (Å²) in [4.78, 5) is 2.16. The van der Waals surface area contributed by atoms with Gasteiger partial charge in [-0.2, -0.15) is 5.10 Å². The van der Waals surface area contributed by atoms with Crippen molar-refractivity contribution in [3.63, 3.8) is 0 Å². The van der Waals surface area contributed by atoms with Crippen LogP contribution in [0.15, 0.2) is 24.3 Å². The number of aromatic nitrogens is 2. The molecule has 0 atom stereocenters. The molecule has 0 amide bonds. The Morgan fingerprint density at radius 1 is 1.16 bits per heavy atom. The third-order valence-electron chi connectivity index (χ3n) is 3.21. The number of benzene rings is 1. The van der Waals surface area contributed by atoms with E-state index in [2.05, 4.69) is 53.4 Å². The number of hydrogen-bond acceptors (Lipinski definition) is 4. The lowest BCUT2D eigenvalue weighted by atomic mass is 10.1. The van der Waals surface area contributed by atoms with Crippen molar-refractivity contribution in [1.29, 1.82) is 0 Å². The van der Waals surface area contributed by atoms with E-state index in [1.54, 1.807) is 0 Å². The SMILES string of the molecule is Cc1nnc(N(C)CCNC(C)C)c2ccccc12. The zero-order valence-electron chi connectivity index (χ0n) is 12.1. The Bertz CT molecular complexity index is 551. The van der Waals surface area contributed by atoms with Crippen molar-refractivity contribution >= 4 is 16.6 Å². The van der Waals surface area contributed by atoms with Crippen molar-refractivity contribution in [1.82, 2.24) is 15.5 Å². The molecule has 0 aliphatic carbocycles. The Morgan fingerprint density at radius 3 is 2.53 bits per heavy atom. The van der Waals surface area contributed by atoms with E-state index in [4.69, 9.17) is 0 Å². The number of nitrogens with zero attached hydrogens (tertiary/aromatic N) is 3. The number of rotatable bonds is 5. The Morgan fingerprint density at radius 2 is 1.84 bits per heavy atom. The summed E-state index contributed by atoms with van der Waals surface area (Å²) in [7, 11) is 2.06. The molecular weight excluding hydrogens is 236 g/mol. The van der Waals surface area contributed by atoms with Gasteiger partial charge in [0.15, 0.2) is 5.82 Å². The van der Waals surface area contributed by atoms with E-state index in [9.17, 15) is 0 Å². The van der Waals surface area contributed by atoms with Gasteiger partial charge in [-0.25, -0.2) is 0 Å². The molecular formula is C15H22N4. The van der Waals surface area contributed by atoms with Crippen LogP contribution in [0.25, 0.3) is 10.8 Å². The first kappa shape index (κ1) is 13.7. The molecule has 0 aliphatic heterocycles. The molecule has 4 heteroatoms. The summed E-state index contributed by atoms with van der Waals surface area (Å²) in [6.07, 6.45) is 0. The summed E-state index contributed by atoms with van der Waals surface area (Å²) < 4.78 is 0. The lowest BCUT2D eigenvalue weighted by Crippen LogP contribution is -2.33. The minimum absolute atomic E-state index is 0.509. The molecule has 1 aromatic heterocycles. The van der Waals surface area contributed by atoms with Crippen molar-refractivity contribution in [3.8, 4) is 0 Å². The van der Waals surface area contributed by atoms with Gasteiger partial charge in [0.1, 0.15) is 0 Å². The third-order valence-corrected chi connectivity index (χ3v) is 3.21. The predicted molar refractivity (Wildman–Crippen MR) is 80.7 cm³/mol. The highest BCUT2D eigenvalue weighted by atomic mass is 15.3. The minimum Gasteiger partial charge on any atom is -0.356 e. The molecule has 102 valence electrons. The maximum Gasteiger partial charge on any atom is 0.158 e. The summed E-state index contributed by atoms with van der Waals surface area (Å²) in [5.41, 5.74) is 0.980. The van der Waals surface area contributed by atoms with Crippen molar-refractivity contribution < 1.29 is 0 Å². The van der Waals surface area contributed by atoms with Crippen LogP contribution in [0.4, 0.5) is 5.82 Å². The van der Waals surface area contributed by atoms with Crippen molar-refractivity contribution in [2.45, 2.75) is 26.8 Å². The van der Waals surface area contributed by atoms with Crippen LogP contribution in [-0.2, 0) is 0 Å². The van der Waals surface area contributed by atoms with Crippen LogP contribution >= 0.6 is 0 Å². The van der Waals surface area contributed by atoms with E-state index in [-0.39, 0.29) is 0 Å². The molecule has 0 saturated carbocycles. The quantitative estimate of drug-likeness (QED) is 0.894. The topological polar surface area (TPSA) is 41.1 Å². The minimum atomic E-state index is 0.509. The molecule has 1 heterocycles. The molecule has 0 aliphatic rings. The molecule has 0 saturated heterocycles. The molecule has 0 fully saturated rings. The molecule has 1 N–H and O–H groups in total. The number of hydrogen-bond donors (Lipinski definition) is 1. The second-order valence-corrected chi connectivity index (χ2v) is 5.18. The maximum absolute atomic E-state index is 4.35. The molecule has 2 aromatic rings. The number of likely N-dealkylation sites (N-methyl/N-ethyl adjacent to an activating group) is 1. The second-order valence-electron chi connectivity index (χ2n) is 5.18. The molecule has 1 aromatic carbocycles. The average Bonchev–Trinajstić information content (AvgIpc) is 2.39. The van der Waals surface area contributed by atoms with E-state index in [1.807, 2.05) is 19.1 Å². The fourth-order valence-corrected chi connectivity index (χ4v) is 2.13. The highest BCUT2D eigenvalue weighted by Gasteiger charge is 2.10. The summed E-state index contributed by atoms with van der Waals surface area (Å²) >= 11 is 0. The molecule has 0 radical (unpaired) electrons. The van der Waals surface area contributed by atoms with E-state index in [1.165, 1.54) is 10.8 Å². The van der Waals surface area contributed by atoms with Crippen LogP contribution in [-0.4, -0.2) is 36.4 Å². The molecule has 4 nitrogen and oxygen atoms in total. The number of aryl methyl sites for hydroxylation is 1. The number of nitrogens with one attached hydrogen (secondary N) is 1. The van der Waals surface area contributed by atoms with Crippen molar-refractivity contribution in [3.05, 3.63) is 30.0 Å². The van der Waals surface area contributed by atoms with Crippen LogP contribution in [0.3, 0.4) is 0 Å². The largest absolute Gasteiger partial charge is 0.356 e. The Balaban J connectivity index is 2.22. The molecule has 0 unspecified atom stereocenters. The monoisotopic (exact) mass is 258 g/mol. The van der Waals surface area contributed by atoms with Gasteiger partial charge in [-0.05, 0) is 6.92 Å². The van der Waals surface area contributed by atoms with Gasteiger partial charge < -0.3 is 10.2 Å². The molecule has 0 bridgehead atoms. The first-order valence-corrected chi connectivity index (χ1v) is 6.76. The van der Waals surface area contributed by atoms with Gasteiger partial charge in [-0.3, -0.25) is 0 Å². The standard InChI is InChI=1S/C15H22N4/c1-11(2)16-9-10-19(4)15-14-8-6-5-7-13(14)12(3)17-18-15/h5-8,11,16H,9-10H2,1-4H3. The smallest absolute Gasteiger partial charge is 0.158 e. The summed E-state index contributed by atoms with van der Waals surface area (Å²) in [6, 6.07) is 8.81. The second kappa shape index (κ2) is 5.97. The highest BCUT2D eigenvalue weighted by molar-refractivity contribution is 5.93. The summed E-state index contributed by atoms with van der Waals surface area (Å²) in [5.74, 6) is 0.951. The van der Waals surface area contributed by atoms with Crippen LogP contribution in [0, 0.1) is 6.92 Å². The lowest BCUT2D eigenvalue weighted by Gasteiger charge is -2.20. The van der Waals surface area contributed by atoms with Gasteiger partial charge in [0.05, 0.1) is 5.69 Å². The van der Waals surface area contributed by atoms with Gasteiger partial charge in [-0.1, -0.05) is 38.1 Å². The molecule has 2 rings (SSSR count). The van der Waals surface area contributed by atoms with E-state index in [0.717, 1.165) is 24.6 Å². The molecule has 0 spiro atoms. The summed E-state index contributed by atoms with van der Waals surface area (Å²) in [5, 5.41) is 14.4. The summed E-state index contributed by atoms with van der Waals surface area (Å²) in [6.45, 7) is 8.17. The average molecular weight is 258 g/mol. The third kappa shape index (κ3) is 3.20. The predicted octanol–water partition coefficient (Wildman–Crippen LogP) is 2.37.